The van der Waals surface area contributed by atoms with E-state index in [1.165, 1.54) is 0 Å². The molecule has 0 amide bonds. The minimum absolute atomic E-state index is 0.327. The van der Waals surface area contributed by atoms with Crippen molar-refractivity contribution in [2.24, 2.45) is 5.92 Å². The maximum Gasteiger partial charge on any atom is 0.313 e. The van der Waals surface area contributed by atoms with Crippen LogP contribution in [-0.2, 0) is 9.53 Å². The fraction of sp³-hybridized carbons (Fsp3) is 0.800. The van der Waals surface area contributed by atoms with Crippen LogP contribution in [0.5, 0.6) is 0 Å². The standard InChI is InChI=1S/C5H10O4/c1-3(2)4(6)9-5(7)8/h3,5,7-8H,1-2H3. The zero-order chi connectivity index (χ0) is 7.44. The Morgan fingerprint density at radius 1 is 1.44 bits per heavy atom. The minimum atomic E-state index is -1.99. The molecule has 0 aliphatic heterocycles. The summed E-state index contributed by atoms with van der Waals surface area (Å²) >= 11 is 0. The van der Waals surface area contributed by atoms with Crippen molar-refractivity contribution in [3.8, 4) is 0 Å². The predicted molar refractivity (Wildman–Crippen MR) is 29.2 cm³/mol. The molecule has 0 spiro atoms. The van der Waals surface area contributed by atoms with Gasteiger partial charge in [0, 0.05) is 0 Å². The van der Waals surface area contributed by atoms with Crippen molar-refractivity contribution >= 4 is 5.97 Å². The Balaban J connectivity index is 3.51. The van der Waals surface area contributed by atoms with Crippen molar-refractivity contribution in [3.05, 3.63) is 0 Å². The van der Waals surface area contributed by atoms with E-state index in [-0.39, 0.29) is 5.92 Å². The maximum atomic E-state index is 10.4. The molecule has 54 valence electrons. The topological polar surface area (TPSA) is 66.8 Å². The number of carbonyl (C=O) groups excluding carboxylic acids is 1. The van der Waals surface area contributed by atoms with E-state index in [1.54, 1.807) is 13.8 Å². The van der Waals surface area contributed by atoms with Crippen LogP contribution in [-0.4, -0.2) is 22.7 Å². The van der Waals surface area contributed by atoms with E-state index in [9.17, 15) is 4.79 Å². The Kier molecular flexibility index (Phi) is 3.19. The maximum absolute atomic E-state index is 10.4. The third-order valence-corrected chi connectivity index (χ3v) is 0.693. The summed E-state index contributed by atoms with van der Waals surface area (Å²) in [7, 11) is 0. The number of aliphatic hydroxyl groups excluding tert-OH is 1. The fourth-order valence-electron chi connectivity index (χ4n) is 0.240. The number of carbonyl (C=O) groups is 1. The van der Waals surface area contributed by atoms with E-state index < -0.39 is 12.4 Å². The Labute approximate surface area is 53.1 Å². The lowest BCUT2D eigenvalue weighted by Gasteiger charge is -2.06. The summed E-state index contributed by atoms with van der Waals surface area (Å²) in [5, 5.41) is 16.2. The van der Waals surface area contributed by atoms with E-state index in [0.29, 0.717) is 0 Å². The van der Waals surface area contributed by atoms with Gasteiger partial charge in [-0.15, -0.1) is 0 Å². The Morgan fingerprint density at radius 3 is 2.00 bits per heavy atom. The lowest BCUT2D eigenvalue weighted by Crippen LogP contribution is -2.20. The highest BCUT2D eigenvalue weighted by molar-refractivity contribution is 5.71. The lowest BCUT2D eigenvalue weighted by molar-refractivity contribution is -0.232. The van der Waals surface area contributed by atoms with Crippen LogP contribution in [0.2, 0.25) is 0 Å². The summed E-state index contributed by atoms with van der Waals surface area (Å²) in [6.07, 6.45) is 0. The molecular formula is C5H10O4. The van der Waals surface area contributed by atoms with Crippen LogP contribution in [0.1, 0.15) is 13.8 Å². The van der Waals surface area contributed by atoms with Crippen molar-refractivity contribution in [1.82, 2.24) is 0 Å². The minimum Gasteiger partial charge on any atom is -0.410 e. The van der Waals surface area contributed by atoms with Crippen LogP contribution in [0.3, 0.4) is 0 Å². The van der Waals surface area contributed by atoms with E-state index in [1.807, 2.05) is 0 Å². The van der Waals surface area contributed by atoms with Gasteiger partial charge < -0.3 is 14.9 Å². The van der Waals surface area contributed by atoms with Crippen molar-refractivity contribution in [1.29, 1.82) is 0 Å². The monoisotopic (exact) mass is 134 g/mol. The third-order valence-electron chi connectivity index (χ3n) is 0.693. The zero-order valence-corrected chi connectivity index (χ0v) is 5.37. The van der Waals surface area contributed by atoms with E-state index in [0.717, 1.165) is 0 Å². The first-order valence-corrected chi connectivity index (χ1v) is 2.60. The van der Waals surface area contributed by atoms with Gasteiger partial charge in [-0.1, -0.05) is 13.8 Å². The first kappa shape index (κ1) is 8.39. The molecule has 0 saturated carbocycles. The highest BCUT2D eigenvalue weighted by Crippen LogP contribution is 1.96. The normalized spacial score (nSPS) is 10.4. The number of esters is 1. The van der Waals surface area contributed by atoms with Crippen LogP contribution in [0, 0.1) is 5.92 Å². The van der Waals surface area contributed by atoms with Gasteiger partial charge in [-0.2, -0.15) is 0 Å². The van der Waals surface area contributed by atoms with Gasteiger partial charge in [-0.05, 0) is 0 Å². The summed E-state index contributed by atoms with van der Waals surface area (Å²) in [6, 6.07) is 0. The number of hydrogen-bond donors (Lipinski definition) is 2. The molecule has 0 aliphatic rings. The molecule has 0 aromatic rings. The summed E-state index contributed by atoms with van der Waals surface area (Å²) in [5.74, 6) is -0.947. The van der Waals surface area contributed by atoms with Crippen molar-refractivity contribution in [3.63, 3.8) is 0 Å². The largest absolute Gasteiger partial charge is 0.410 e. The summed E-state index contributed by atoms with van der Waals surface area (Å²) in [6.45, 7) is 1.22. The number of rotatable bonds is 2. The van der Waals surface area contributed by atoms with Gasteiger partial charge in [0.05, 0.1) is 5.92 Å². The van der Waals surface area contributed by atoms with Crippen LogP contribution < -0.4 is 0 Å². The van der Waals surface area contributed by atoms with Gasteiger partial charge in [-0.3, -0.25) is 4.79 Å². The molecule has 0 rings (SSSR count). The van der Waals surface area contributed by atoms with Gasteiger partial charge in [0.2, 0.25) is 0 Å². The molecule has 0 aliphatic carbocycles. The molecule has 0 unspecified atom stereocenters. The van der Waals surface area contributed by atoms with Crippen molar-refractivity contribution in [2.75, 3.05) is 0 Å². The van der Waals surface area contributed by atoms with Crippen LogP contribution in [0.25, 0.3) is 0 Å². The first-order chi connectivity index (χ1) is 4.04. The molecule has 0 heterocycles. The summed E-state index contributed by atoms with van der Waals surface area (Å²) < 4.78 is 3.98. The molecule has 0 aromatic heterocycles. The van der Waals surface area contributed by atoms with Crippen LogP contribution in [0.15, 0.2) is 0 Å². The second-order valence-corrected chi connectivity index (χ2v) is 1.92. The average Bonchev–Trinajstić information content (AvgIpc) is 1.63. The molecule has 2 N–H and O–H groups in total. The van der Waals surface area contributed by atoms with E-state index in [2.05, 4.69) is 4.74 Å². The van der Waals surface area contributed by atoms with Crippen LogP contribution >= 0.6 is 0 Å². The second kappa shape index (κ2) is 3.42. The van der Waals surface area contributed by atoms with Gasteiger partial charge in [0.25, 0.3) is 0 Å². The van der Waals surface area contributed by atoms with E-state index in [4.69, 9.17) is 10.2 Å². The highest BCUT2D eigenvalue weighted by Gasteiger charge is 2.10. The van der Waals surface area contributed by atoms with Gasteiger partial charge in [0.15, 0.2) is 0 Å². The zero-order valence-electron chi connectivity index (χ0n) is 5.37. The first-order valence-electron chi connectivity index (χ1n) is 2.60. The van der Waals surface area contributed by atoms with Gasteiger partial charge in [0.1, 0.15) is 0 Å². The Morgan fingerprint density at radius 2 is 1.89 bits per heavy atom. The molecule has 0 atom stereocenters. The Bertz CT molecular complexity index is 97.1. The number of hydrogen-bond acceptors (Lipinski definition) is 4. The molecule has 4 heteroatoms. The predicted octanol–water partition coefficient (Wildman–Crippen LogP) is -0.546. The Hall–Kier alpha value is -0.610. The SMILES string of the molecule is CC(C)C(=O)OC(O)O. The third kappa shape index (κ3) is 3.93. The summed E-state index contributed by atoms with van der Waals surface area (Å²) in [4.78, 5) is 10.4. The molecule has 0 bridgehead atoms. The van der Waals surface area contributed by atoms with Crippen molar-refractivity contribution in [2.45, 2.75) is 20.3 Å². The highest BCUT2D eigenvalue weighted by atomic mass is 16.7. The fourth-order valence-corrected chi connectivity index (χ4v) is 0.240. The quantitative estimate of drug-likeness (QED) is 0.393. The van der Waals surface area contributed by atoms with Crippen molar-refractivity contribution < 1.29 is 19.7 Å². The second-order valence-electron chi connectivity index (χ2n) is 1.92. The molecule has 0 saturated heterocycles. The van der Waals surface area contributed by atoms with Crippen LogP contribution in [0.4, 0.5) is 0 Å². The van der Waals surface area contributed by atoms with E-state index >= 15 is 0 Å². The molecule has 9 heavy (non-hydrogen) atoms. The average molecular weight is 134 g/mol. The smallest absolute Gasteiger partial charge is 0.313 e. The molecule has 4 nitrogen and oxygen atoms in total. The molecule has 0 fully saturated rings. The molecular weight excluding hydrogens is 124 g/mol. The number of aliphatic hydroxyl groups is 2. The number of ether oxygens (including phenoxy) is 1. The van der Waals surface area contributed by atoms with Gasteiger partial charge >= 0.3 is 12.4 Å². The molecule has 0 aromatic carbocycles. The van der Waals surface area contributed by atoms with Gasteiger partial charge in [-0.25, -0.2) is 0 Å². The lowest BCUT2D eigenvalue weighted by atomic mass is 10.2. The summed E-state index contributed by atoms with van der Waals surface area (Å²) in [5.41, 5.74) is 0. The molecule has 0 radical (unpaired) electrons.